The molecule has 0 saturated heterocycles. The van der Waals surface area contributed by atoms with Crippen molar-refractivity contribution in [2.24, 2.45) is 0 Å². The minimum absolute atomic E-state index is 0.192. The Morgan fingerprint density at radius 3 is 2.15 bits per heavy atom. The lowest BCUT2D eigenvalue weighted by Gasteiger charge is -2.18. The van der Waals surface area contributed by atoms with Gasteiger partial charge in [0.2, 0.25) is 0 Å². The molecule has 106 valence electrons. The number of ether oxygens (including phenoxy) is 2. The molecule has 0 fully saturated rings. The molecule has 0 saturated carbocycles. The van der Waals surface area contributed by atoms with Crippen LogP contribution in [0.2, 0.25) is 0 Å². The lowest BCUT2D eigenvalue weighted by molar-refractivity contribution is 0.392. The Hall–Kier alpha value is -2.14. The fourth-order valence-corrected chi connectivity index (χ4v) is 2.11. The van der Waals surface area contributed by atoms with Crippen LogP contribution in [-0.2, 0) is 0 Å². The smallest absolute Gasteiger partial charge is 0.141 e. The normalized spacial score (nSPS) is 12.0. The Morgan fingerprint density at radius 1 is 1.00 bits per heavy atom. The maximum atomic E-state index is 13.3. The third kappa shape index (κ3) is 3.05. The first-order valence-corrected chi connectivity index (χ1v) is 6.18. The van der Waals surface area contributed by atoms with Crippen molar-refractivity contribution in [1.29, 1.82) is 0 Å². The van der Waals surface area contributed by atoms with Crippen molar-refractivity contribution in [2.75, 3.05) is 21.3 Å². The molecule has 20 heavy (non-hydrogen) atoms. The molecule has 0 bridgehead atoms. The topological polar surface area (TPSA) is 43.4 Å². The molecular weight excluding hydrogens is 259 g/mol. The van der Waals surface area contributed by atoms with E-state index in [0.717, 1.165) is 11.1 Å². The van der Waals surface area contributed by atoms with Crippen LogP contribution >= 0.6 is 0 Å². The van der Waals surface area contributed by atoms with Crippen LogP contribution in [0.5, 0.6) is 11.5 Å². The summed E-state index contributed by atoms with van der Waals surface area (Å²) in [4.78, 5) is 3.89. The van der Waals surface area contributed by atoms with Gasteiger partial charge in [0.25, 0.3) is 0 Å². The van der Waals surface area contributed by atoms with Gasteiger partial charge in [-0.25, -0.2) is 4.39 Å². The van der Waals surface area contributed by atoms with Gasteiger partial charge in [0.1, 0.15) is 17.3 Å². The van der Waals surface area contributed by atoms with Crippen LogP contribution in [0, 0.1) is 5.82 Å². The number of methoxy groups -OCH3 is 2. The predicted molar refractivity (Wildman–Crippen MR) is 74.6 cm³/mol. The molecule has 5 heteroatoms. The molecule has 2 aromatic rings. The Bertz CT molecular complexity index is 568. The lowest BCUT2D eigenvalue weighted by atomic mass is 9.99. The van der Waals surface area contributed by atoms with Crippen molar-refractivity contribution in [1.82, 2.24) is 10.3 Å². The second kappa shape index (κ2) is 6.34. The highest BCUT2D eigenvalue weighted by Gasteiger charge is 2.15. The van der Waals surface area contributed by atoms with Crippen molar-refractivity contribution < 1.29 is 13.9 Å². The van der Waals surface area contributed by atoms with E-state index in [-0.39, 0.29) is 11.9 Å². The molecule has 4 nitrogen and oxygen atoms in total. The first kappa shape index (κ1) is 14.3. The second-order valence-corrected chi connectivity index (χ2v) is 4.30. The average molecular weight is 276 g/mol. The van der Waals surface area contributed by atoms with Gasteiger partial charge in [0.05, 0.1) is 26.5 Å². The van der Waals surface area contributed by atoms with E-state index in [1.165, 1.54) is 12.3 Å². The van der Waals surface area contributed by atoms with Crippen LogP contribution in [0.1, 0.15) is 17.2 Å². The van der Waals surface area contributed by atoms with E-state index in [4.69, 9.17) is 9.47 Å². The molecule has 1 unspecified atom stereocenters. The molecule has 0 aliphatic carbocycles. The average Bonchev–Trinajstić information content (AvgIpc) is 2.47. The standard InChI is InChI=1S/C15H17FN2O2/c1-17-15(11-4-12(16)9-18-8-11)10-5-13(19-2)7-14(6-10)20-3/h4-9,15,17H,1-3H3. The summed E-state index contributed by atoms with van der Waals surface area (Å²) in [6, 6.07) is 6.82. The first-order valence-electron chi connectivity index (χ1n) is 6.18. The summed E-state index contributed by atoms with van der Waals surface area (Å²) in [7, 11) is 4.99. The zero-order chi connectivity index (χ0) is 14.5. The number of hydrogen-bond acceptors (Lipinski definition) is 4. The quantitative estimate of drug-likeness (QED) is 0.911. The largest absolute Gasteiger partial charge is 0.497 e. The number of pyridine rings is 1. The van der Waals surface area contributed by atoms with Gasteiger partial charge in [0, 0.05) is 12.3 Å². The summed E-state index contributed by atoms with van der Waals surface area (Å²) in [6.07, 6.45) is 2.82. The van der Waals surface area contributed by atoms with Crippen LogP contribution in [-0.4, -0.2) is 26.3 Å². The van der Waals surface area contributed by atoms with Crippen LogP contribution in [0.15, 0.2) is 36.7 Å². The molecule has 0 radical (unpaired) electrons. The van der Waals surface area contributed by atoms with Gasteiger partial charge in [-0.2, -0.15) is 0 Å². The minimum Gasteiger partial charge on any atom is -0.497 e. The summed E-state index contributed by atoms with van der Waals surface area (Å²) in [5.74, 6) is 1.01. The van der Waals surface area contributed by atoms with Gasteiger partial charge in [-0.3, -0.25) is 4.98 Å². The van der Waals surface area contributed by atoms with E-state index >= 15 is 0 Å². The number of rotatable bonds is 5. The Kier molecular flexibility index (Phi) is 4.53. The molecule has 1 heterocycles. The van der Waals surface area contributed by atoms with Gasteiger partial charge in [-0.15, -0.1) is 0 Å². The molecule has 0 spiro atoms. The van der Waals surface area contributed by atoms with Gasteiger partial charge < -0.3 is 14.8 Å². The first-order chi connectivity index (χ1) is 9.67. The van der Waals surface area contributed by atoms with Gasteiger partial charge >= 0.3 is 0 Å². The van der Waals surface area contributed by atoms with Crippen LogP contribution in [0.4, 0.5) is 4.39 Å². The molecule has 0 aliphatic heterocycles. The summed E-state index contributed by atoms with van der Waals surface area (Å²) in [6.45, 7) is 0. The van der Waals surface area contributed by atoms with Gasteiger partial charge in [-0.05, 0) is 36.4 Å². The Labute approximate surface area is 117 Å². The van der Waals surface area contributed by atoms with Gasteiger partial charge in [-0.1, -0.05) is 0 Å². The number of nitrogens with one attached hydrogen (secondary N) is 1. The summed E-state index contributed by atoms with van der Waals surface area (Å²) < 4.78 is 23.8. The van der Waals surface area contributed by atoms with Crippen molar-refractivity contribution in [3.05, 3.63) is 53.6 Å². The number of nitrogens with zero attached hydrogens (tertiary/aromatic N) is 1. The number of hydrogen-bond donors (Lipinski definition) is 1. The van der Waals surface area contributed by atoms with E-state index in [1.54, 1.807) is 26.5 Å². The maximum absolute atomic E-state index is 13.3. The third-order valence-corrected chi connectivity index (χ3v) is 3.06. The van der Waals surface area contributed by atoms with Crippen LogP contribution < -0.4 is 14.8 Å². The molecule has 1 aromatic carbocycles. The molecule has 1 aromatic heterocycles. The summed E-state index contributed by atoms with van der Waals surface area (Å²) in [5, 5.41) is 3.15. The number of halogens is 1. The second-order valence-electron chi connectivity index (χ2n) is 4.30. The SMILES string of the molecule is CNC(c1cncc(F)c1)c1cc(OC)cc(OC)c1. The lowest BCUT2D eigenvalue weighted by Crippen LogP contribution is -2.18. The van der Waals surface area contributed by atoms with E-state index in [2.05, 4.69) is 10.3 Å². The van der Waals surface area contributed by atoms with Crippen LogP contribution in [0.3, 0.4) is 0 Å². The maximum Gasteiger partial charge on any atom is 0.141 e. The highest BCUT2D eigenvalue weighted by molar-refractivity contribution is 5.42. The number of aromatic nitrogens is 1. The zero-order valence-electron chi connectivity index (χ0n) is 11.7. The predicted octanol–water partition coefficient (Wildman–Crippen LogP) is 2.55. The number of benzene rings is 1. The summed E-state index contributed by atoms with van der Waals surface area (Å²) in [5.41, 5.74) is 1.65. The van der Waals surface area contributed by atoms with E-state index in [0.29, 0.717) is 11.5 Å². The van der Waals surface area contributed by atoms with Crippen molar-refractivity contribution in [3.63, 3.8) is 0 Å². The molecule has 0 amide bonds. The zero-order valence-corrected chi connectivity index (χ0v) is 11.7. The molecule has 1 atom stereocenters. The van der Waals surface area contributed by atoms with E-state index < -0.39 is 0 Å². The van der Waals surface area contributed by atoms with Crippen LogP contribution in [0.25, 0.3) is 0 Å². The molecular formula is C15H17FN2O2. The molecule has 0 aliphatic rings. The highest BCUT2D eigenvalue weighted by atomic mass is 19.1. The fraction of sp³-hybridized carbons (Fsp3) is 0.267. The van der Waals surface area contributed by atoms with E-state index in [1.807, 2.05) is 19.2 Å². The van der Waals surface area contributed by atoms with Gasteiger partial charge in [0.15, 0.2) is 0 Å². The van der Waals surface area contributed by atoms with Crippen molar-refractivity contribution >= 4 is 0 Å². The molecule has 2 rings (SSSR count). The Morgan fingerprint density at radius 2 is 1.65 bits per heavy atom. The summed E-state index contributed by atoms with van der Waals surface area (Å²) >= 11 is 0. The minimum atomic E-state index is -0.363. The monoisotopic (exact) mass is 276 g/mol. The fourth-order valence-electron chi connectivity index (χ4n) is 2.11. The van der Waals surface area contributed by atoms with E-state index in [9.17, 15) is 4.39 Å². The van der Waals surface area contributed by atoms with Crippen molar-refractivity contribution in [3.8, 4) is 11.5 Å². The Balaban J connectivity index is 2.45. The molecule has 1 N–H and O–H groups in total. The third-order valence-electron chi connectivity index (χ3n) is 3.06. The van der Waals surface area contributed by atoms with Crippen molar-refractivity contribution in [2.45, 2.75) is 6.04 Å². The highest BCUT2D eigenvalue weighted by Crippen LogP contribution is 2.29.